The van der Waals surface area contributed by atoms with E-state index in [9.17, 15) is 0 Å². The summed E-state index contributed by atoms with van der Waals surface area (Å²) >= 11 is 1.88. The van der Waals surface area contributed by atoms with E-state index in [1.807, 2.05) is 31.5 Å². The van der Waals surface area contributed by atoms with Crippen molar-refractivity contribution in [3.63, 3.8) is 0 Å². The molecule has 2 aliphatic rings. The number of fused-ring (bicyclic) bond motifs is 1. The number of nitrogens with zero attached hydrogens (tertiary/aromatic N) is 5. The van der Waals surface area contributed by atoms with E-state index in [1.54, 1.807) is 0 Å². The largest absolute Gasteiger partial charge is 0.368 e. The molecular formula is C17H26N8S+2. The zero-order valence-corrected chi connectivity index (χ0v) is 16.1. The fourth-order valence-corrected chi connectivity index (χ4v) is 4.32. The van der Waals surface area contributed by atoms with Gasteiger partial charge in [0.05, 0.1) is 31.2 Å². The first-order valence-corrected chi connectivity index (χ1v) is 10.0. The first kappa shape index (κ1) is 17.1. The van der Waals surface area contributed by atoms with Crippen molar-refractivity contribution in [2.45, 2.75) is 13.0 Å². The van der Waals surface area contributed by atoms with Crippen LogP contribution in [0.25, 0.3) is 17.2 Å². The molecule has 4 rings (SSSR count). The van der Waals surface area contributed by atoms with Crippen LogP contribution in [0, 0.1) is 0 Å². The third-order valence-electron chi connectivity index (χ3n) is 4.69. The van der Waals surface area contributed by atoms with Crippen LogP contribution in [-0.4, -0.2) is 64.4 Å². The lowest BCUT2D eigenvalue weighted by Gasteiger charge is -2.10. The molecule has 2 aromatic heterocycles. The molecule has 0 unspecified atom stereocenters. The zero-order valence-electron chi connectivity index (χ0n) is 15.3. The fraction of sp³-hybridized carbons (Fsp3) is 0.529. The van der Waals surface area contributed by atoms with Crippen molar-refractivity contribution in [2.75, 3.05) is 39.0 Å². The number of aryl methyl sites for hydroxylation is 2. The summed E-state index contributed by atoms with van der Waals surface area (Å²) in [4.78, 5) is 14.9. The normalized spacial score (nSPS) is 18.6. The Morgan fingerprint density at radius 3 is 3.12 bits per heavy atom. The zero-order chi connectivity index (χ0) is 17.9. The van der Waals surface area contributed by atoms with Gasteiger partial charge in [0.1, 0.15) is 0 Å². The highest BCUT2D eigenvalue weighted by molar-refractivity contribution is 8.03. The van der Waals surface area contributed by atoms with Crippen molar-refractivity contribution >= 4 is 35.0 Å². The molecule has 0 aliphatic carbocycles. The molecule has 9 heteroatoms. The molecule has 3 N–H and O–H groups in total. The van der Waals surface area contributed by atoms with Gasteiger partial charge in [-0.15, -0.1) is 16.7 Å². The van der Waals surface area contributed by atoms with Crippen molar-refractivity contribution in [3.05, 3.63) is 23.4 Å². The van der Waals surface area contributed by atoms with E-state index in [0.717, 1.165) is 67.7 Å². The number of nitrogens with one attached hydrogen (secondary N) is 3. The molecule has 2 aliphatic heterocycles. The lowest BCUT2D eigenvalue weighted by atomic mass is 10.3. The highest BCUT2D eigenvalue weighted by Crippen LogP contribution is 2.28. The number of guanidine groups is 1. The van der Waals surface area contributed by atoms with Crippen LogP contribution in [0.2, 0.25) is 0 Å². The van der Waals surface area contributed by atoms with E-state index in [2.05, 4.69) is 47.8 Å². The first-order valence-electron chi connectivity index (χ1n) is 9.06. The van der Waals surface area contributed by atoms with Crippen LogP contribution in [0.4, 0.5) is 0 Å². The highest BCUT2D eigenvalue weighted by Gasteiger charge is 2.20. The molecule has 138 valence electrons. The molecule has 0 amide bonds. The van der Waals surface area contributed by atoms with Crippen LogP contribution in [0.15, 0.2) is 17.7 Å². The predicted molar refractivity (Wildman–Crippen MR) is 103 cm³/mol. The van der Waals surface area contributed by atoms with Gasteiger partial charge in [-0.1, -0.05) is 4.98 Å². The van der Waals surface area contributed by atoms with Crippen molar-refractivity contribution in [1.29, 1.82) is 0 Å². The predicted octanol–water partition coefficient (Wildman–Crippen LogP) is -1.75. The van der Waals surface area contributed by atoms with Crippen LogP contribution in [0.3, 0.4) is 0 Å². The summed E-state index contributed by atoms with van der Waals surface area (Å²) in [6.45, 7) is 4.85. The maximum absolute atomic E-state index is 4.73. The van der Waals surface area contributed by atoms with Gasteiger partial charge in [0.2, 0.25) is 6.33 Å². The van der Waals surface area contributed by atoms with Crippen LogP contribution in [-0.2, 0) is 13.6 Å². The summed E-state index contributed by atoms with van der Waals surface area (Å²) in [5, 5.41) is 7.94. The van der Waals surface area contributed by atoms with Gasteiger partial charge in [-0.3, -0.25) is 15.6 Å². The maximum Gasteiger partial charge on any atom is 0.343 e. The van der Waals surface area contributed by atoms with Gasteiger partial charge in [-0.2, -0.15) is 0 Å². The maximum atomic E-state index is 4.73. The first-order chi connectivity index (χ1) is 12.7. The van der Waals surface area contributed by atoms with Gasteiger partial charge in [-0.05, 0) is 0 Å². The minimum Gasteiger partial charge on any atom is -0.368 e. The number of imidazole rings is 1. The molecule has 0 bridgehead atoms. The van der Waals surface area contributed by atoms with Crippen LogP contribution in [0.5, 0.6) is 0 Å². The van der Waals surface area contributed by atoms with Crippen LogP contribution >= 0.6 is 11.8 Å². The monoisotopic (exact) mass is 374 g/mol. The summed E-state index contributed by atoms with van der Waals surface area (Å²) in [6, 6.07) is 0. The summed E-state index contributed by atoms with van der Waals surface area (Å²) in [5.41, 5.74) is 3.06. The second kappa shape index (κ2) is 7.53. The number of rotatable bonds is 5. The minimum atomic E-state index is 0.881. The Labute approximate surface area is 157 Å². The molecule has 0 saturated carbocycles. The number of thioether (sulfide) groups is 1. The Balaban J connectivity index is 1.51. The van der Waals surface area contributed by atoms with Gasteiger partial charge in [-0.25, -0.2) is 4.57 Å². The quantitative estimate of drug-likeness (QED) is 0.426. The van der Waals surface area contributed by atoms with Gasteiger partial charge in [0.15, 0.2) is 17.5 Å². The van der Waals surface area contributed by atoms with E-state index in [-0.39, 0.29) is 0 Å². The molecule has 1 saturated heterocycles. The van der Waals surface area contributed by atoms with Gasteiger partial charge in [0.25, 0.3) is 5.65 Å². The van der Waals surface area contributed by atoms with E-state index in [1.165, 1.54) is 5.03 Å². The minimum absolute atomic E-state index is 0.881. The molecule has 4 heterocycles. The van der Waals surface area contributed by atoms with Crippen molar-refractivity contribution in [2.24, 2.45) is 7.05 Å². The lowest BCUT2D eigenvalue weighted by molar-refractivity contribution is -0.676. The Hall–Kier alpha value is -2.29. The third kappa shape index (κ3) is 3.48. The van der Waals surface area contributed by atoms with Gasteiger partial charge in [0, 0.05) is 38.9 Å². The van der Waals surface area contributed by atoms with E-state index in [4.69, 9.17) is 4.98 Å². The molecule has 2 aromatic rings. The molecule has 1 fully saturated rings. The summed E-state index contributed by atoms with van der Waals surface area (Å²) in [6.07, 6.45) is 6.98. The summed E-state index contributed by atoms with van der Waals surface area (Å²) < 4.78 is 4.20. The molecule has 8 nitrogen and oxygen atoms in total. The van der Waals surface area contributed by atoms with Crippen LogP contribution < -0.4 is 20.2 Å². The summed E-state index contributed by atoms with van der Waals surface area (Å²) in [5.74, 6) is 2.18. The second-order valence-corrected chi connectivity index (χ2v) is 7.73. The number of hydrogen-bond donors (Lipinski definition) is 3. The molecule has 26 heavy (non-hydrogen) atoms. The third-order valence-corrected chi connectivity index (χ3v) is 5.80. The lowest BCUT2D eigenvalue weighted by Crippen LogP contribution is -2.73. The molecule has 0 spiro atoms. The van der Waals surface area contributed by atoms with Crippen molar-refractivity contribution in [1.82, 2.24) is 30.1 Å². The van der Waals surface area contributed by atoms with Crippen molar-refractivity contribution < 1.29 is 9.56 Å². The standard InChI is InChI=1S/C17H25N8S/c1-23-8-9-26-14(23)10-13-15-16(22-11-24(15)2)25(12-21-13)7-3-4-18-17-19-5-6-20-17/h10-12H,3-9H2,1-2H3,(H2,18,19,20)/q+1/p+1. The molecular weight excluding hydrogens is 348 g/mol. The molecule has 0 atom stereocenters. The number of aromatic nitrogens is 4. The van der Waals surface area contributed by atoms with Gasteiger partial charge < -0.3 is 9.47 Å². The smallest absolute Gasteiger partial charge is 0.343 e. The topological polar surface area (TPSA) is 75.9 Å². The Morgan fingerprint density at radius 1 is 1.42 bits per heavy atom. The molecule has 0 radical (unpaired) electrons. The molecule has 0 aromatic carbocycles. The van der Waals surface area contributed by atoms with Gasteiger partial charge >= 0.3 is 5.96 Å². The Kier molecular flexibility index (Phi) is 4.96. The average Bonchev–Trinajstić information content (AvgIpc) is 3.37. The second-order valence-electron chi connectivity index (χ2n) is 6.61. The summed E-state index contributed by atoms with van der Waals surface area (Å²) in [7, 11) is 4.17. The Morgan fingerprint density at radius 2 is 2.35 bits per heavy atom. The van der Waals surface area contributed by atoms with E-state index >= 15 is 0 Å². The fourth-order valence-electron chi connectivity index (χ4n) is 3.24. The van der Waals surface area contributed by atoms with E-state index < -0.39 is 0 Å². The van der Waals surface area contributed by atoms with Crippen molar-refractivity contribution in [3.8, 4) is 0 Å². The Bertz CT molecular complexity index is 856. The average molecular weight is 375 g/mol. The van der Waals surface area contributed by atoms with Crippen LogP contribution in [0.1, 0.15) is 12.1 Å². The van der Waals surface area contributed by atoms with E-state index in [0.29, 0.717) is 0 Å². The number of hydrogen-bond acceptors (Lipinski definition) is 6. The highest BCUT2D eigenvalue weighted by atomic mass is 32.2. The SMILES string of the molecule is CN1CCSC1=Cc1nc[n+](CCCNC2=[NH+]CCN2)c2ncn(C)c12.